The minimum atomic E-state index is -0.914. The molecular formula is C20H25O4P. The highest BCUT2D eigenvalue weighted by atomic mass is 31.0. The molecule has 134 valence electrons. The molecule has 0 bridgehead atoms. The van der Waals surface area contributed by atoms with Crippen molar-refractivity contribution in [2.75, 3.05) is 6.61 Å². The zero-order valence-electron chi connectivity index (χ0n) is 15.0. The van der Waals surface area contributed by atoms with Gasteiger partial charge in [0.05, 0.1) is 15.7 Å². The number of ether oxygens (including phenoxy) is 1. The van der Waals surface area contributed by atoms with Crippen LogP contribution in [0.2, 0.25) is 0 Å². The number of carbonyl (C=O) groups is 2. The predicted octanol–water partition coefficient (Wildman–Crippen LogP) is 4.16. The first-order chi connectivity index (χ1) is 12.1. The molecule has 0 aliphatic carbocycles. The van der Waals surface area contributed by atoms with Crippen molar-refractivity contribution in [1.82, 2.24) is 0 Å². The van der Waals surface area contributed by atoms with Crippen molar-refractivity contribution in [3.05, 3.63) is 70.8 Å². The Morgan fingerprint density at radius 1 is 0.960 bits per heavy atom. The minimum Gasteiger partial charge on any atom is -0.465 e. The van der Waals surface area contributed by atoms with E-state index in [-0.39, 0.29) is 5.78 Å². The van der Waals surface area contributed by atoms with E-state index >= 15 is 0 Å². The third kappa shape index (κ3) is 5.40. The van der Waals surface area contributed by atoms with Gasteiger partial charge in [-0.2, -0.15) is 0 Å². The molecule has 0 aliphatic heterocycles. The van der Waals surface area contributed by atoms with Crippen molar-refractivity contribution in [3.63, 3.8) is 0 Å². The van der Waals surface area contributed by atoms with Gasteiger partial charge < -0.3 is 9.30 Å². The maximum atomic E-state index is 13.1. The van der Waals surface area contributed by atoms with Gasteiger partial charge in [-0.25, -0.2) is 0 Å². The topological polar surface area (TPSA) is 60.4 Å². The van der Waals surface area contributed by atoms with E-state index < -0.39 is 11.9 Å². The number of esters is 1. The second-order valence-electron chi connectivity index (χ2n) is 5.64. The van der Waals surface area contributed by atoms with E-state index in [9.17, 15) is 9.59 Å². The number of ketones is 1. The van der Waals surface area contributed by atoms with Crippen LogP contribution in [0.1, 0.15) is 46.3 Å². The molecule has 0 fully saturated rings. The van der Waals surface area contributed by atoms with Gasteiger partial charge in [-0.15, -0.1) is 0 Å². The monoisotopic (exact) mass is 360 g/mol. The summed E-state index contributed by atoms with van der Waals surface area (Å²) in [5.41, 5.74) is 3.02. The smallest absolute Gasteiger partial charge is 0.321 e. The SMILES string of the molecule is CCCOC(=O)C(C(=O)c1c(C)cccc1C)c1ccccc1.O=[PH3]. The van der Waals surface area contributed by atoms with E-state index in [1.807, 2.05) is 57.2 Å². The Bertz CT molecular complexity index is 693. The molecule has 0 N–H and O–H groups in total. The lowest BCUT2D eigenvalue weighted by atomic mass is 9.87. The van der Waals surface area contributed by atoms with Crippen LogP contribution < -0.4 is 0 Å². The van der Waals surface area contributed by atoms with Crippen LogP contribution in [0.4, 0.5) is 0 Å². The molecule has 4 nitrogen and oxygen atoms in total. The fraction of sp³-hybridized carbons (Fsp3) is 0.300. The first-order valence-corrected chi connectivity index (χ1v) is 8.74. The Hall–Kier alpha value is -2.19. The van der Waals surface area contributed by atoms with Gasteiger partial charge >= 0.3 is 5.97 Å². The zero-order chi connectivity index (χ0) is 18.8. The first kappa shape index (κ1) is 20.9. The largest absolute Gasteiger partial charge is 0.465 e. The second-order valence-corrected chi connectivity index (χ2v) is 5.64. The molecule has 2 rings (SSSR count). The summed E-state index contributed by atoms with van der Waals surface area (Å²) in [6.07, 6.45) is 0.727. The van der Waals surface area contributed by atoms with Crippen LogP contribution in [0.15, 0.2) is 48.5 Å². The van der Waals surface area contributed by atoms with Crippen molar-refractivity contribution in [2.24, 2.45) is 0 Å². The minimum absolute atomic E-state index is 0.201. The van der Waals surface area contributed by atoms with Crippen molar-refractivity contribution >= 4 is 20.9 Å². The number of carbonyl (C=O) groups excluding carboxylic acids is 2. The summed E-state index contributed by atoms with van der Waals surface area (Å²) in [5, 5.41) is 0. The van der Waals surface area contributed by atoms with Gasteiger partial charge in [0.1, 0.15) is 5.92 Å². The average Bonchev–Trinajstić information content (AvgIpc) is 2.62. The number of Topliss-reactive ketones (excluding diaryl/α,β-unsaturated/α-hetero) is 1. The summed E-state index contributed by atoms with van der Waals surface area (Å²) in [7, 11) is 0.611. The second kappa shape index (κ2) is 10.6. The lowest BCUT2D eigenvalue weighted by Crippen LogP contribution is -2.26. The number of aryl methyl sites for hydroxylation is 2. The summed E-state index contributed by atoms with van der Waals surface area (Å²) in [5.74, 6) is -1.60. The van der Waals surface area contributed by atoms with E-state index in [0.29, 0.717) is 26.9 Å². The Morgan fingerprint density at radius 2 is 1.52 bits per heavy atom. The van der Waals surface area contributed by atoms with Gasteiger partial charge in [0.15, 0.2) is 5.78 Å². The summed E-state index contributed by atoms with van der Waals surface area (Å²) in [6, 6.07) is 14.8. The lowest BCUT2D eigenvalue weighted by Gasteiger charge is -2.18. The number of hydrogen-bond donors (Lipinski definition) is 0. The molecule has 2 aromatic carbocycles. The van der Waals surface area contributed by atoms with Crippen LogP contribution in [0.25, 0.3) is 0 Å². The van der Waals surface area contributed by atoms with Gasteiger partial charge in [-0.3, -0.25) is 9.59 Å². The molecule has 0 aromatic heterocycles. The fourth-order valence-corrected chi connectivity index (χ4v) is 2.67. The standard InChI is InChI=1S/C20H22O3.H3OP/c1-4-13-23-20(22)18(16-11-6-5-7-12-16)19(21)17-14(2)9-8-10-15(17)3;1-2/h5-12,18H,4,13H2,1-3H3;2H3. The summed E-state index contributed by atoms with van der Waals surface area (Å²) >= 11 is 0. The molecule has 0 saturated carbocycles. The molecule has 2 aromatic rings. The van der Waals surface area contributed by atoms with Crippen molar-refractivity contribution in [3.8, 4) is 0 Å². The third-order valence-electron chi connectivity index (χ3n) is 3.81. The van der Waals surface area contributed by atoms with Crippen molar-refractivity contribution < 1.29 is 18.9 Å². The average molecular weight is 360 g/mol. The molecule has 2 atom stereocenters. The van der Waals surface area contributed by atoms with Crippen molar-refractivity contribution in [1.29, 1.82) is 0 Å². The van der Waals surface area contributed by atoms with E-state index in [0.717, 1.165) is 17.5 Å². The molecule has 25 heavy (non-hydrogen) atoms. The van der Waals surface area contributed by atoms with E-state index in [4.69, 9.17) is 9.30 Å². The molecule has 2 unspecified atom stereocenters. The van der Waals surface area contributed by atoms with E-state index in [1.165, 1.54) is 0 Å². The van der Waals surface area contributed by atoms with Gasteiger partial charge in [0.25, 0.3) is 0 Å². The number of benzene rings is 2. The molecular weight excluding hydrogens is 335 g/mol. The van der Waals surface area contributed by atoms with Crippen LogP contribution in [0.3, 0.4) is 0 Å². The fourth-order valence-electron chi connectivity index (χ4n) is 2.67. The summed E-state index contributed by atoms with van der Waals surface area (Å²) in [6.45, 7) is 6.03. The molecule has 0 heterocycles. The van der Waals surface area contributed by atoms with Crippen LogP contribution in [-0.2, 0) is 14.1 Å². The first-order valence-electron chi connectivity index (χ1n) is 8.17. The summed E-state index contributed by atoms with van der Waals surface area (Å²) in [4.78, 5) is 25.6. The predicted molar refractivity (Wildman–Crippen MR) is 102 cm³/mol. The summed E-state index contributed by atoms with van der Waals surface area (Å²) < 4.78 is 13.5. The number of rotatable bonds is 6. The Balaban J connectivity index is 0.00000151. The molecule has 0 aliphatic rings. The van der Waals surface area contributed by atoms with Crippen LogP contribution in [0, 0.1) is 13.8 Å². The molecule has 0 saturated heterocycles. The maximum Gasteiger partial charge on any atom is 0.321 e. The Labute approximate surface area is 150 Å². The van der Waals surface area contributed by atoms with Crippen molar-refractivity contribution in [2.45, 2.75) is 33.1 Å². The highest BCUT2D eigenvalue weighted by Gasteiger charge is 2.32. The van der Waals surface area contributed by atoms with E-state index in [2.05, 4.69) is 0 Å². The highest BCUT2D eigenvalue weighted by molar-refractivity contribution is 7.00. The van der Waals surface area contributed by atoms with E-state index in [1.54, 1.807) is 12.1 Å². The molecule has 0 amide bonds. The third-order valence-corrected chi connectivity index (χ3v) is 3.81. The quantitative estimate of drug-likeness (QED) is 0.336. The van der Waals surface area contributed by atoms with Gasteiger partial charge in [-0.1, -0.05) is 55.5 Å². The maximum absolute atomic E-state index is 13.1. The van der Waals surface area contributed by atoms with Crippen LogP contribution in [0.5, 0.6) is 0 Å². The Morgan fingerprint density at radius 3 is 2.04 bits per heavy atom. The van der Waals surface area contributed by atoms with Gasteiger partial charge in [0, 0.05) is 5.56 Å². The molecule has 0 spiro atoms. The highest BCUT2D eigenvalue weighted by Crippen LogP contribution is 2.26. The molecule has 5 heteroatoms. The van der Waals surface area contributed by atoms with Gasteiger partial charge in [-0.05, 0) is 37.0 Å². The van der Waals surface area contributed by atoms with Gasteiger partial charge in [0.2, 0.25) is 0 Å². The zero-order valence-corrected chi connectivity index (χ0v) is 16.4. The normalized spacial score (nSPS) is 11.2. The van der Waals surface area contributed by atoms with Crippen LogP contribution >= 0.6 is 9.12 Å². The molecule has 0 radical (unpaired) electrons. The number of hydrogen-bond acceptors (Lipinski definition) is 4. The van der Waals surface area contributed by atoms with Crippen LogP contribution in [-0.4, -0.2) is 18.4 Å². The Kier molecular flexibility index (Phi) is 8.87. The lowest BCUT2D eigenvalue weighted by molar-refractivity contribution is -0.144.